The molecule has 2 rings (SSSR count). The zero-order valence-corrected chi connectivity index (χ0v) is 12.1. The predicted molar refractivity (Wildman–Crippen MR) is 70.7 cm³/mol. The Bertz CT molecular complexity index is 320. The van der Waals surface area contributed by atoms with Crippen LogP contribution in [-0.2, 0) is 9.47 Å². The summed E-state index contributed by atoms with van der Waals surface area (Å²) in [5, 5.41) is 9.29. The van der Waals surface area contributed by atoms with Crippen LogP contribution in [0.25, 0.3) is 0 Å². The number of hydrogen-bond donors (Lipinski definition) is 1. The van der Waals surface area contributed by atoms with Crippen LogP contribution in [-0.4, -0.2) is 46.7 Å². The van der Waals surface area contributed by atoms with Crippen molar-refractivity contribution >= 4 is 6.09 Å². The molecular formula is C14H25NO4. The molecule has 0 aromatic carbocycles. The molecule has 1 atom stereocenters. The van der Waals surface area contributed by atoms with Gasteiger partial charge in [-0.25, -0.2) is 4.79 Å². The molecule has 1 aliphatic carbocycles. The smallest absolute Gasteiger partial charge is 0.412 e. The van der Waals surface area contributed by atoms with E-state index in [-0.39, 0.29) is 24.5 Å². The number of aliphatic hydroxyl groups is 1. The number of nitrogens with zero attached hydrogens (tertiary/aromatic N) is 1. The fraction of sp³-hybridized carbons (Fsp3) is 0.929. The second-order valence-electron chi connectivity index (χ2n) is 6.51. The van der Waals surface area contributed by atoms with Crippen molar-refractivity contribution in [2.75, 3.05) is 6.54 Å². The fourth-order valence-electron chi connectivity index (χ4n) is 2.44. The van der Waals surface area contributed by atoms with Crippen LogP contribution < -0.4 is 0 Å². The van der Waals surface area contributed by atoms with Gasteiger partial charge in [0.2, 0.25) is 0 Å². The average molecular weight is 271 g/mol. The van der Waals surface area contributed by atoms with Gasteiger partial charge in [0, 0.05) is 6.54 Å². The predicted octanol–water partition coefficient (Wildman–Crippen LogP) is 2.27. The number of likely N-dealkylation sites (tertiary alicyclic amines) is 1. The fourth-order valence-corrected chi connectivity index (χ4v) is 2.44. The summed E-state index contributed by atoms with van der Waals surface area (Å²) in [4.78, 5) is 13.8. The first-order chi connectivity index (χ1) is 8.85. The molecule has 0 radical (unpaired) electrons. The molecule has 2 aliphatic rings. The van der Waals surface area contributed by atoms with Crippen LogP contribution in [0.4, 0.5) is 4.79 Å². The molecule has 2 fully saturated rings. The van der Waals surface area contributed by atoms with Gasteiger partial charge in [-0.05, 0) is 52.9 Å². The van der Waals surface area contributed by atoms with Crippen LogP contribution in [0.2, 0.25) is 0 Å². The molecule has 110 valence electrons. The van der Waals surface area contributed by atoms with E-state index in [1.54, 1.807) is 4.90 Å². The van der Waals surface area contributed by atoms with Crippen molar-refractivity contribution in [3.05, 3.63) is 0 Å². The summed E-state index contributed by atoms with van der Waals surface area (Å²) in [5.41, 5.74) is -0.480. The van der Waals surface area contributed by atoms with Gasteiger partial charge in [0.1, 0.15) is 11.8 Å². The van der Waals surface area contributed by atoms with Crippen LogP contribution in [0.3, 0.4) is 0 Å². The molecule has 1 saturated heterocycles. The Labute approximate surface area is 114 Å². The summed E-state index contributed by atoms with van der Waals surface area (Å²) in [6, 6.07) is 0. The number of carbonyl (C=O) groups is 1. The monoisotopic (exact) mass is 271 g/mol. The third-order valence-electron chi connectivity index (χ3n) is 3.50. The number of aliphatic hydroxyl groups excluding tert-OH is 1. The molecule has 0 aromatic heterocycles. The van der Waals surface area contributed by atoms with Crippen LogP contribution >= 0.6 is 0 Å². The van der Waals surface area contributed by atoms with E-state index in [9.17, 15) is 9.90 Å². The first-order valence-electron chi connectivity index (χ1n) is 7.18. The third-order valence-corrected chi connectivity index (χ3v) is 3.50. The van der Waals surface area contributed by atoms with Gasteiger partial charge in [0.25, 0.3) is 0 Å². The van der Waals surface area contributed by atoms with Crippen molar-refractivity contribution in [3.63, 3.8) is 0 Å². The Morgan fingerprint density at radius 2 is 1.95 bits per heavy atom. The van der Waals surface area contributed by atoms with Crippen LogP contribution in [0.15, 0.2) is 0 Å². The normalized spacial score (nSPS) is 31.8. The maximum Gasteiger partial charge on any atom is 0.412 e. The van der Waals surface area contributed by atoms with E-state index in [2.05, 4.69) is 0 Å². The summed E-state index contributed by atoms with van der Waals surface area (Å²) in [6.45, 7) is 6.29. The molecule has 1 saturated carbocycles. The van der Waals surface area contributed by atoms with Crippen LogP contribution in [0, 0.1) is 0 Å². The molecule has 5 nitrogen and oxygen atoms in total. The molecule has 0 bridgehead atoms. The van der Waals surface area contributed by atoms with Gasteiger partial charge in [-0.15, -0.1) is 0 Å². The van der Waals surface area contributed by atoms with Gasteiger partial charge in [-0.3, -0.25) is 4.90 Å². The Kier molecular flexibility index (Phi) is 4.36. The topological polar surface area (TPSA) is 59.0 Å². The Morgan fingerprint density at radius 1 is 1.26 bits per heavy atom. The van der Waals surface area contributed by atoms with E-state index in [1.165, 1.54) is 0 Å². The first kappa shape index (κ1) is 14.6. The first-order valence-corrected chi connectivity index (χ1v) is 7.18. The Balaban J connectivity index is 1.89. The Hall–Kier alpha value is -0.810. The molecular weight excluding hydrogens is 246 g/mol. The van der Waals surface area contributed by atoms with Gasteiger partial charge >= 0.3 is 6.09 Å². The molecule has 0 aromatic rings. The highest BCUT2D eigenvalue weighted by atomic mass is 16.6. The maximum atomic E-state index is 12.2. The highest BCUT2D eigenvalue weighted by Crippen LogP contribution is 2.29. The van der Waals surface area contributed by atoms with E-state index < -0.39 is 5.60 Å². The van der Waals surface area contributed by atoms with E-state index in [1.807, 2.05) is 20.8 Å². The van der Waals surface area contributed by atoms with Crippen LogP contribution in [0.1, 0.15) is 52.9 Å². The van der Waals surface area contributed by atoms with Crippen molar-refractivity contribution in [1.29, 1.82) is 0 Å². The molecule has 19 heavy (non-hydrogen) atoms. The van der Waals surface area contributed by atoms with E-state index in [0.717, 1.165) is 19.3 Å². The maximum absolute atomic E-state index is 12.2. The summed E-state index contributed by atoms with van der Waals surface area (Å²) in [5.74, 6) is 0. The van der Waals surface area contributed by atoms with E-state index in [4.69, 9.17) is 9.47 Å². The number of piperidine rings is 1. The second-order valence-corrected chi connectivity index (χ2v) is 6.51. The lowest BCUT2D eigenvalue weighted by Crippen LogP contribution is -2.50. The molecule has 1 heterocycles. The molecule has 5 heteroatoms. The third kappa shape index (κ3) is 4.08. The molecule has 0 spiro atoms. The zero-order valence-electron chi connectivity index (χ0n) is 12.1. The lowest BCUT2D eigenvalue weighted by Gasteiger charge is -2.41. The quantitative estimate of drug-likeness (QED) is 0.837. The van der Waals surface area contributed by atoms with Gasteiger partial charge in [-0.2, -0.15) is 0 Å². The minimum atomic E-state index is -0.480. The molecule has 1 aliphatic heterocycles. The van der Waals surface area contributed by atoms with Crippen molar-refractivity contribution in [1.82, 2.24) is 4.90 Å². The number of hydrogen-bond acceptors (Lipinski definition) is 4. The minimum Gasteiger partial charge on any atom is -0.444 e. The summed E-state index contributed by atoms with van der Waals surface area (Å²) in [7, 11) is 0. The van der Waals surface area contributed by atoms with Gasteiger partial charge < -0.3 is 14.6 Å². The highest BCUT2D eigenvalue weighted by molar-refractivity contribution is 5.68. The van der Waals surface area contributed by atoms with Gasteiger partial charge in [0.05, 0.1) is 12.2 Å². The SMILES string of the molecule is CC(C)(C)OC(=O)N1CCCCC1OC1CC(O)C1. The number of carbonyl (C=O) groups excluding carboxylic acids is 1. The summed E-state index contributed by atoms with van der Waals surface area (Å²) < 4.78 is 11.3. The molecule has 1 amide bonds. The minimum absolute atomic E-state index is 0.0861. The lowest BCUT2D eigenvalue weighted by molar-refractivity contribution is -0.158. The van der Waals surface area contributed by atoms with Crippen molar-refractivity contribution in [2.24, 2.45) is 0 Å². The zero-order chi connectivity index (χ0) is 14.0. The van der Waals surface area contributed by atoms with Gasteiger partial charge in [-0.1, -0.05) is 0 Å². The molecule has 1 unspecified atom stereocenters. The molecule has 1 N–H and O–H groups in total. The largest absolute Gasteiger partial charge is 0.444 e. The average Bonchev–Trinajstić information content (AvgIpc) is 2.25. The number of amides is 1. The van der Waals surface area contributed by atoms with Gasteiger partial charge in [0.15, 0.2) is 0 Å². The number of ether oxygens (including phenoxy) is 2. The Morgan fingerprint density at radius 3 is 2.53 bits per heavy atom. The lowest BCUT2D eigenvalue weighted by atomic mass is 9.92. The van der Waals surface area contributed by atoms with Crippen molar-refractivity contribution in [3.8, 4) is 0 Å². The standard InChI is InChI=1S/C14H25NO4/c1-14(2,3)19-13(17)15-7-5-4-6-12(15)18-11-8-10(16)9-11/h10-12,16H,4-9H2,1-3H3. The number of rotatable bonds is 2. The van der Waals surface area contributed by atoms with Crippen LogP contribution in [0.5, 0.6) is 0 Å². The van der Waals surface area contributed by atoms with E-state index >= 15 is 0 Å². The summed E-state index contributed by atoms with van der Waals surface area (Å²) >= 11 is 0. The second kappa shape index (κ2) is 5.67. The highest BCUT2D eigenvalue weighted by Gasteiger charge is 2.36. The van der Waals surface area contributed by atoms with E-state index in [0.29, 0.717) is 19.4 Å². The van der Waals surface area contributed by atoms with Crippen molar-refractivity contribution < 1.29 is 19.4 Å². The van der Waals surface area contributed by atoms with Crippen molar-refractivity contribution in [2.45, 2.75) is 76.9 Å². The summed E-state index contributed by atoms with van der Waals surface area (Å²) in [6.07, 6.45) is 3.64.